The van der Waals surface area contributed by atoms with Crippen molar-refractivity contribution in [1.82, 2.24) is 0 Å². The van der Waals surface area contributed by atoms with E-state index in [1.807, 2.05) is 6.92 Å². The number of rotatable bonds is 5. The summed E-state index contributed by atoms with van der Waals surface area (Å²) in [4.78, 5) is 27.4. The maximum absolute atomic E-state index is 13.6. The van der Waals surface area contributed by atoms with Crippen LogP contribution in [0.25, 0.3) is 5.76 Å². The highest BCUT2D eigenvalue weighted by atomic mass is 19.1. The predicted molar refractivity (Wildman–Crippen MR) is 115 cm³/mol. The molecule has 5 nitrogen and oxygen atoms in total. The summed E-state index contributed by atoms with van der Waals surface area (Å²) in [6.45, 7) is 2.36. The molecule has 1 amide bonds. The van der Waals surface area contributed by atoms with Crippen LogP contribution in [0.1, 0.15) is 24.1 Å². The van der Waals surface area contributed by atoms with E-state index in [0.717, 1.165) is 0 Å². The number of carbonyl (C=O) groups is 2. The molecular formula is C25H20FNO4. The largest absolute Gasteiger partial charge is 0.507 e. The second kappa shape index (κ2) is 8.44. The lowest BCUT2D eigenvalue weighted by Crippen LogP contribution is -2.29. The minimum Gasteiger partial charge on any atom is -0.507 e. The van der Waals surface area contributed by atoms with Crippen molar-refractivity contribution in [3.05, 3.63) is 101 Å². The van der Waals surface area contributed by atoms with Crippen molar-refractivity contribution < 1.29 is 23.8 Å². The van der Waals surface area contributed by atoms with Crippen molar-refractivity contribution in [3.63, 3.8) is 0 Å². The van der Waals surface area contributed by atoms with Crippen LogP contribution in [0.3, 0.4) is 0 Å². The van der Waals surface area contributed by atoms with E-state index in [9.17, 15) is 19.1 Å². The van der Waals surface area contributed by atoms with Gasteiger partial charge in [-0.05, 0) is 48.9 Å². The van der Waals surface area contributed by atoms with Gasteiger partial charge < -0.3 is 9.84 Å². The Hall–Kier alpha value is -3.93. The zero-order valence-electron chi connectivity index (χ0n) is 16.8. The van der Waals surface area contributed by atoms with Crippen LogP contribution in [-0.4, -0.2) is 23.4 Å². The number of nitrogens with zero attached hydrogens (tertiary/aromatic N) is 1. The first-order valence-electron chi connectivity index (χ1n) is 9.86. The molecule has 1 aliphatic rings. The first-order valence-corrected chi connectivity index (χ1v) is 9.86. The predicted octanol–water partition coefficient (Wildman–Crippen LogP) is 4.85. The highest BCUT2D eigenvalue weighted by Crippen LogP contribution is 2.42. The van der Waals surface area contributed by atoms with E-state index in [1.165, 1.54) is 29.2 Å². The SMILES string of the molecule is CCOc1ccc(N2C(=O)C(=O)/C(=C(/O)c3ccccc3)[C@H]2c2ccc(F)cc2)cc1. The normalized spacial score (nSPS) is 17.7. The summed E-state index contributed by atoms with van der Waals surface area (Å²) < 4.78 is 19.0. The summed E-state index contributed by atoms with van der Waals surface area (Å²) >= 11 is 0. The van der Waals surface area contributed by atoms with Gasteiger partial charge in [0, 0.05) is 11.3 Å². The molecule has 1 saturated heterocycles. The fourth-order valence-corrected chi connectivity index (χ4v) is 3.68. The first-order chi connectivity index (χ1) is 15.0. The minimum atomic E-state index is -0.904. The molecule has 0 aromatic heterocycles. The molecule has 0 unspecified atom stereocenters. The lowest BCUT2D eigenvalue weighted by Gasteiger charge is -2.25. The van der Waals surface area contributed by atoms with Crippen LogP contribution in [0.2, 0.25) is 0 Å². The third-order valence-electron chi connectivity index (χ3n) is 5.10. The third kappa shape index (κ3) is 3.80. The fraction of sp³-hybridized carbons (Fsp3) is 0.120. The Labute approximate surface area is 179 Å². The quantitative estimate of drug-likeness (QED) is 0.366. The number of Topliss-reactive ketones (excluding diaryl/α,β-unsaturated/α-hetero) is 1. The lowest BCUT2D eigenvalue weighted by molar-refractivity contribution is -0.132. The number of anilines is 1. The first kappa shape index (κ1) is 20.3. The molecule has 4 rings (SSSR count). The number of halogens is 1. The van der Waals surface area contributed by atoms with Gasteiger partial charge in [0.1, 0.15) is 17.3 Å². The van der Waals surface area contributed by atoms with Gasteiger partial charge in [0.05, 0.1) is 18.2 Å². The van der Waals surface area contributed by atoms with E-state index in [0.29, 0.717) is 29.2 Å². The second-order valence-corrected chi connectivity index (χ2v) is 7.01. The number of amides is 1. The number of benzene rings is 3. The maximum atomic E-state index is 13.6. The van der Waals surface area contributed by atoms with Gasteiger partial charge in [0.25, 0.3) is 11.7 Å². The molecule has 156 valence electrons. The van der Waals surface area contributed by atoms with E-state index >= 15 is 0 Å². The summed E-state index contributed by atoms with van der Waals surface area (Å²) in [5, 5.41) is 11.0. The summed E-state index contributed by atoms with van der Waals surface area (Å²) in [6, 6.07) is 19.9. The number of hydrogen-bond acceptors (Lipinski definition) is 4. The molecule has 3 aromatic rings. The van der Waals surface area contributed by atoms with E-state index in [1.54, 1.807) is 54.6 Å². The highest BCUT2D eigenvalue weighted by molar-refractivity contribution is 6.51. The van der Waals surface area contributed by atoms with Gasteiger partial charge in [-0.15, -0.1) is 0 Å². The van der Waals surface area contributed by atoms with Crippen LogP contribution in [0, 0.1) is 5.82 Å². The number of carbonyl (C=O) groups excluding carboxylic acids is 2. The maximum Gasteiger partial charge on any atom is 0.300 e. The monoisotopic (exact) mass is 417 g/mol. The Kier molecular flexibility index (Phi) is 5.54. The lowest BCUT2D eigenvalue weighted by atomic mass is 9.95. The molecule has 3 aromatic carbocycles. The zero-order chi connectivity index (χ0) is 22.0. The second-order valence-electron chi connectivity index (χ2n) is 7.01. The zero-order valence-corrected chi connectivity index (χ0v) is 16.8. The summed E-state index contributed by atoms with van der Waals surface area (Å²) in [6.07, 6.45) is 0. The van der Waals surface area contributed by atoms with E-state index in [4.69, 9.17) is 4.74 Å². The number of aliphatic hydroxyl groups is 1. The molecule has 31 heavy (non-hydrogen) atoms. The van der Waals surface area contributed by atoms with Gasteiger partial charge in [0.15, 0.2) is 0 Å². The van der Waals surface area contributed by atoms with Crippen molar-refractivity contribution in [2.75, 3.05) is 11.5 Å². The van der Waals surface area contributed by atoms with Crippen molar-refractivity contribution in [2.45, 2.75) is 13.0 Å². The standard InChI is InChI=1S/C25H20FNO4/c1-2-31-20-14-12-19(13-15-20)27-22(16-8-10-18(26)11-9-16)21(24(29)25(27)30)23(28)17-6-4-3-5-7-17/h3-15,22,28H,2H2,1H3/b23-21+/t22-/m1/s1. The van der Waals surface area contributed by atoms with Gasteiger partial charge in [-0.2, -0.15) is 0 Å². The highest BCUT2D eigenvalue weighted by Gasteiger charge is 2.46. The summed E-state index contributed by atoms with van der Waals surface area (Å²) in [7, 11) is 0. The number of ketones is 1. The molecule has 0 saturated carbocycles. The van der Waals surface area contributed by atoms with Crippen LogP contribution in [-0.2, 0) is 9.59 Å². The van der Waals surface area contributed by atoms with Crippen molar-refractivity contribution in [3.8, 4) is 5.75 Å². The Morgan fingerprint density at radius 2 is 1.61 bits per heavy atom. The molecule has 0 spiro atoms. The number of hydrogen-bond donors (Lipinski definition) is 1. The summed E-state index contributed by atoms with van der Waals surface area (Å²) in [5.74, 6) is -1.66. The van der Waals surface area contributed by atoms with Gasteiger partial charge >= 0.3 is 0 Å². The Bertz CT molecular complexity index is 1140. The van der Waals surface area contributed by atoms with Crippen LogP contribution in [0.5, 0.6) is 5.75 Å². The molecule has 1 atom stereocenters. The average molecular weight is 417 g/mol. The van der Waals surface area contributed by atoms with Gasteiger partial charge in [-0.1, -0.05) is 42.5 Å². The van der Waals surface area contributed by atoms with Crippen LogP contribution >= 0.6 is 0 Å². The molecular weight excluding hydrogens is 397 g/mol. The molecule has 1 N–H and O–H groups in total. The Morgan fingerprint density at radius 1 is 0.968 bits per heavy atom. The van der Waals surface area contributed by atoms with Crippen molar-refractivity contribution in [1.29, 1.82) is 0 Å². The van der Waals surface area contributed by atoms with Gasteiger partial charge in [-0.3, -0.25) is 14.5 Å². The molecule has 1 aliphatic heterocycles. The molecule has 6 heteroatoms. The van der Waals surface area contributed by atoms with Gasteiger partial charge in [-0.25, -0.2) is 4.39 Å². The van der Waals surface area contributed by atoms with Crippen LogP contribution in [0.4, 0.5) is 10.1 Å². The van der Waals surface area contributed by atoms with E-state index in [-0.39, 0.29) is 11.3 Å². The smallest absolute Gasteiger partial charge is 0.300 e. The molecule has 0 aliphatic carbocycles. The molecule has 1 heterocycles. The van der Waals surface area contributed by atoms with Crippen LogP contribution in [0.15, 0.2) is 84.4 Å². The van der Waals surface area contributed by atoms with Crippen molar-refractivity contribution in [2.24, 2.45) is 0 Å². The topological polar surface area (TPSA) is 66.8 Å². The number of ether oxygens (including phenoxy) is 1. The number of aliphatic hydroxyl groups excluding tert-OH is 1. The minimum absolute atomic E-state index is 0.0447. The summed E-state index contributed by atoms with van der Waals surface area (Å²) in [5.41, 5.74) is 1.34. The molecule has 0 bridgehead atoms. The van der Waals surface area contributed by atoms with E-state index < -0.39 is 23.5 Å². The fourth-order valence-electron chi connectivity index (χ4n) is 3.68. The molecule has 1 fully saturated rings. The third-order valence-corrected chi connectivity index (χ3v) is 5.10. The van der Waals surface area contributed by atoms with Crippen LogP contribution < -0.4 is 9.64 Å². The Morgan fingerprint density at radius 3 is 2.23 bits per heavy atom. The van der Waals surface area contributed by atoms with Crippen molar-refractivity contribution >= 4 is 23.1 Å². The Balaban J connectivity index is 1.88. The van der Waals surface area contributed by atoms with E-state index in [2.05, 4.69) is 0 Å². The van der Waals surface area contributed by atoms with Gasteiger partial charge in [0.2, 0.25) is 0 Å². The molecule has 0 radical (unpaired) electrons. The average Bonchev–Trinajstić information content (AvgIpc) is 3.06.